The van der Waals surface area contributed by atoms with Gasteiger partial charge in [-0.25, -0.2) is 0 Å². The number of esters is 1. The number of hydrogen-bond acceptors (Lipinski definition) is 7. The Bertz CT molecular complexity index is 992. The molecule has 0 bridgehead atoms. The van der Waals surface area contributed by atoms with Crippen LogP contribution in [-0.4, -0.2) is 61.7 Å². The Kier molecular flexibility index (Phi) is 6.76. The number of hydrogen-bond donors (Lipinski definition) is 1. The fourth-order valence-electron chi connectivity index (χ4n) is 4.15. The van der Waals surface area contributed by atoms with Crippen LogP contribution in [0, 0.1) is 0 Å². The molecule has 1 aromatic heterocycles. The number of carbonyl (C=O) groups excluding carboxylic acids is 3. The normalized spacial score (nSPS) is 22.6. The van der Waals surface area contributed by atoms with Crippen LogP contribution in [0.4, 0.5) is 5.69 Å². The molecule has 1 fully saturated rings. The molecular formula is C23H26N2O6S. The van der Waals surface area contributed by atoms with E-state index in [0.717, 1.165) is 4.88 Å². The van der Waals surface area contributed by atoms with Gasteiger partial charge in [0.05, 0.1) is 37.7 Å². The molecule has 2 amide bonds. The van der Waals surface area contributed by atoms with E-state index in [1.165, 1.54) is 18.4 Å². The number of ether oxygens (including phenoxy) is 3. The highest BCUT2D eigenvalue weighted by atomic mass is 32.1. The molecule has 0 spiro atoms. The first-order valence-electron chi connectivity index (χ1n) is 10.5. The van der Waals surface area contributed by atoms with Crippen molar-refractivity contribution in [2.75, 3.05) is 26.1 Å². The van der Waals surface area contributed by atoms with Crippen LogP contribution in [0.25, 0.3) is 0 Å². The van der Waals surface area contributed by atoms with Crippen molar-refractivity contribution in [2.24, 2.45) is 0 Å². The van der Waals surface area contributed by atoms with Crippen LogP contribution in [0.2, 0.25) is 0 Å². The van der Waals surface area contributed by atoms with E-state index in [-0.39, 0.29) is 55.5 Å². The van der Waals surface area contributed by atoms with Gasteiger partial charge in [-0.15, -0.1) is 11.3 Å². The van der Waals surface area contributed by atoms with Gasteiger partial charge in [-0.05, 0) is 42.5 Å². The van der Waals surface area contributed by atoms with Gasteiger partial charge in [0.15, 0.2) is 0 Å². The van der Waals surface area contributed by atoms with Crippen LogP contribution >= 0.6 is 11.3 Å². The second-order valence-corrected chi connectivity index (χ2v) is 9.00. The molecule has 3 heterocycles. The second kappa shape index (κ2) is 9.70. The number of fused-ring (bicyclic) bond motifs is 2. The van der Waals surface area contributed by atoms with Crippen molar-refractivity contribution in [3.8, 4) is 5.75 Å². The summed E-state index contributed by atoms with van der Waals surface area (Å²) < 4.78 is 16.8. The van der Waals surface area contributed by atoms with Crippen molar-refractivity contribution in [2.45, 2.75) is 43.9 Å². The smallest absolute Gasteiger partial charge is 0.308 e. The number of nitrogens with zero attached hydrogens (tertiary/aromatic N) is 1. The molecular weight excluding hydrogens is 432 g/mol. The van der Waals surface area contributed by atoms with Gasteiger partial charge in [0, 0.05) is 17.6 Å². The van der Waals surface area contributed by atoms with E-state index in [1.807, 2.05) is 17.5 Å². The molecule has 3 atom stereocenters. The first-order chi connectivity index (χ1) is 15.4. The summed E-state index contributed by atoms with van der Waals surface area (Å²) in [7, 11) is 3.11. The summed E-state index contributed by atoms with van der Waals surface area (Å²) in [6.45, 7) is 0.261. The lowest BCUT2D eigenvalue weighted by Gasteiger charge is -2.42. The van der Waals surface area contributed by atoms with Gasteiger partial charge < -0.3 is 24.4 Å². The topological polar surface area (TPSA) is 94.2 Å². The third kappa shape index (κ3) is 4.94. The van der Waals surface area contributed by atoms with Crippen molar-refractivity contribution in [1.82, 2.24) is 4.90 Å². The minimum absolute atomic E-state index is 0.141. The summed E-state index contributed by atoms with van der Waals surface area (Å²) in [6, 6.07) is 8.72. The lowest BCUT2D eigenvalue weighted by molar-refractivity contribution is -0.151. The Morgan fingerprint density at radius 1 is 1.28 bits per heavy atom. The summed E-state index contributed by atoms with van der Waals surface area (Å²) in [5.41, 5.74) is 0.947. The monoisotopic (exact) mass is 458 g/mol. The third-order valence-corrected chi connectivity index (χ3v) is 6.71. The lowest BCUT2D eigenvalue weighted by Crippen LogP contribution is -2.53. The summed E-state index contributed by atoms with van der Waals surface area (Å²) in [5.74, 6) is -0.213. The fourth-order valence-corrected chi connectivity index (χ4v) is 4.85. The van der Waals surface area contributed by atoms with E-state index in [4.69, 9.17) is 14.2 Å². The zero-order valence-electron chi connectivity index (χ0n) is 18.0. The standard InChI is InChI=1S/C23H26N2O6S/c1-25-18-7-6-15(11-22(27)29-2)31-20(18)13-30-19-8-5-14(10-17(19)23(25)28)24-21(26)12-16-4-3-9-32-16/h3-5,8-10,15,18,20H,6-7,11-13H2,1-2H3,(H,24,26)/t15-,18+,20-/m0/s1. The maximum atomic E-state index is 13.2. The molecule has 0 unspecified atom stereocenters. The Morgan fingerprint density at radius 3 is 2.88 bits per heavy atom. The first kappa shape index (κ1) is 22.3. The van der Waals surface area contributed by atoms with Gasteiger partial charge in [0.25, 0.3) is 5.91 Å². The molecule has 4 rings (SSSR count). The van der Waals surface area contributed by atoms with E-state index in [9.17, 15) is 14.4 Å². The van der Waals surface area contributed by atoms with Gasteiger partial charge in [-0.3, -0.25) is 14.4 Å². The predicted octanol–water partition coefficient (Wildman–Crippen LogP) is 2.87. The molecule has 9 heteroatoms. The predicted molar refractivity (Wildman–Crippen MR) is 119 cm³/mol. The highest BCUT2D eigenvalue weighted by Gasteiger charge is 2.39. The van der Waals surface area contributed by atoms with Crippen molar-refractivity contribution in [3.05, 3.63) is 46.2 Å². The minimum Gasteiger partial charge on any atom is -0.490 e. The molecule has 1 aromatic carbocycles. The number of nitrogens with one attached hydrogen (secondary N) is 1. The van der Waals surface area contributed by atoms with Crippen LogP contribution in [0.5, 0.6) is 5.75 Å². The quantitative estimate of drug-likeness (QED) is 0.693. The summed E-state index contributed by atoms with van der Waals surface area (Å²) in [4.78, 5) is 39.9. The number of thiophene rings is 1. The van der Waals surface area contributed by atoms with Gasteiger partial charge in [-0.2, -0.15) is 0 Å². The van der Waals surface area contributed by atoms with Crippen molar-refractivity contribution >= 4 is 34.8 Å². The molecule has 0 saturated carbocycles. The average Bonchev–Trinajstić information content (AvgIpc) is 3.29. The maximum Gasteiger partial charge on any atom is 0.308 e. The number of likely N-dealkylation sites (N-methyl/N-ethyl adjacent to an activating group) is 1. The zero-order chi connectivity index (χ0) is 22.7. The fraction of sp³-hybridized carbons (Fsp3) is 0.435. The SMILES string of the molecule is COC(=O)C[C@@H]1CC[C@@H]2[C@H](COc3ccc(NC(=O)Cc4cccs4)cc3C(=O)N2C)O1. The minimum atomic E-state index is -0.342. The van der Waals surface area contributed by atoms with Crippen LogP contribution in [0.15, 0.2) is 35.7 Å². The van der Waals surface area contributed by atoms with Crippen LogP contribution < -0.4 is 10.1 Å². The largest absolute Gasteiger partial charge is 0.490 e. The molecule has 170 valence electrons. The number of amides is 2. The van der Waals surface area contributed by atoms with E-state index in [1.54, 1.807) is 30.1 Å². The molecule has 1 N–H and O–H groups in total. The van der Waals surface area contributed by atoms with E-state index >= 15 is 0 Å². The molecule has 8 nitrogen and oxygen atoms in total. The third-order valence-electron chi connectivity index (χ3n) is 5.83. The zero-order valence-corrected chi connectivity index (χ0v) is 18.9. The Hall–Kier alpha value is -2.91. The Morgan fingerprint density at radius 2 is 2.12 bits per heavy atom. The van der Waals surface area contributed by atoms with Crippen molar-refractivity contribution < 1.29 is 28.6 Å². The molecule has 0 aliphatic carbocycles. The lowest BCUT2D eigenvalue weighted by atomic mass is 9.94. The highest BCUT2D eigenvalue weighted by Crippen LogP contribution is 2.32. The van der Waals surface area contributed by atoms with Crippen molar-refractivity contribution in [3.63, 3.8) is 0 Å². The number of rotatable bonds is 5. The molecule has 2 aliphatic rings. The van der Waals surface area contributed by atoms with Crippen LogP contribution in [0.1, 0.15) is 34.5 Å². The Labute approximate surface area is 190 Å². The Balaban J connectivity index is 1.48. The number of anilines is 1. The molecule has 1 saturated heterocycles. The van der Waals surface area contributed by atoms with Crippen molar-refractivity contribution in [1.29, 1.82) is 0 Å². The van der Waals surface area contributed by atoms with E-state index < -0.39 is 0 Å². The van der Waals surface area contributed by atoms with Gasteiger partial charge in [0.2, 0.25) is 5.91 Å². The molecule has 32 heavy (non-hydrogen) atoms. The van der Waals surface area contributed by atoms with E-state index in [2.05, 4.69) is 5.32 Å². The number of methoxy groups -OCH3 is 1. The summed E-state index contributed by atoms with van der Waals surface area (Å²) >= 11 is 1.53. The number of benzene rings is 1. The average molecular weight is 459 g/mol. The number of carbonyl (C=O) groups is 3. The van der Waals surface area contributed by atoms with E-state index in [0.29, 0.717) is 29.8 Å². The summed E-state index contributed by atoms with van der Waals surface area (Å²) in [5, 5.41) is 4.79. The summed E-state index contributed by atoms with van der Waals surface area (Å²) in [6.07, 6.45) is 1.22. The molecule has 0 radical (unpaired) electrons. The van der Waals surface area contributed by atoms with Gasteiger partial charge in [0.1, 0.15) is 18.5 Å². The second-order valence-electron chi connectivity index (χ2n) is 7.96. The molecule has 2 aliphatic heterocycles. The van der Waals surface area contributed by atoms with Crippen LogP contribution in [-0.2, 0) is 25.5 Å². The van der Waals surface area contributed by atoms with Gasteiger partial charge >= 0.3 is 5.97 Å². The van der Waals surface area contributed by atoms with Crippen LogP contribution in [0.3, 0.4) is 0 Å². The molecule has 2 aromatic rings. The first-order valence-corrected chi connectivity index (χ1v) is 11.4. The van der Waals surface area contributed by atoms with Gasteiger partial charge in [-0.1, -0.05) is 6.07 Å². The highest BCUT2D eigenvalue weighted by molar-refractivity contribution is 7.10. The maximum absolute atomic E-state index is 13.2.